The Morgan fingerprint density at radius 3 is 1.12 bits per heavy atom. The molecule has 48 valence electrons. The van der Waals surface area contributed by atoms with Crippen LogP contribution in [0.25, 0.3) is 0 Å². The van der Waals surface area contributed by atoms with Gasteiger partial charge in [-0.1, -0.05) is 0 Å². The van der Waals surface area contributed by atoms with Gasteiger partial charge in [0.2, 0.25) is 0 Å². The van der Waals surface area contributed by atoms with Crippen molar-refractivity contribution in [1.29, 1.82) is 0 Å². The molecule has 0 aliphatic heterocycles. The number of rotatable bonds is 0. The SMILES string of the molecule is O=P(O)(O)O.[LiH].[O]=[Fe]. The summed E-state index contributed by atoms with van der Waals surface area (Å²) >= 11 is 2.00. The molecule has 0 aliphatic carbocycles. The molecule has 0 amide bonds. The number of phosphoric acid groups is 1. The molecule has 0 radical (unpaired) electrons. The van der Waals surface area contributed by atoms with Gasteiger partial charge in [0.25, 0.3) is 0 Å². The van der Waals surface area contributed by atoms with Gasteiger partial charge in [0.05, 0.1) is 0 Å². The van der Waals surface area contributed by atoms with E-state index in [1.54, 1.807) is 0 Å². The molecule has 0 bridgehead atoms. The zero-order chi connectivity index (χ0) is 6.50. The monoisotopic (exact) mass is 178 g/mol. The summed E-state index contributed by atoms with van der Waals surface area (Å²) in [5.41, 5.74) is 0. The third-order valence-electron chi connectivity index (χ3n) is 0. The van der Waals surface area contributed by atoms with Crippen LogP contribution >= 0.6 is 7.82 Å². The van der Waals surface area contributed by atoms with Crippen molar-refractivity contribution < 1.29 is 39.0 Å². The van der Waals surface area contributed by atoms with Crippen molar-refractivity contribution in [3.8, 4) is 0 Å². The molecule has 0 heterocycles. The van der Waals surface area contributed by atoms with E-state index in [1.807, 2.05) is 15.9 Å². The topological polar surface area (TPSA) is 94.8 Å². The molecular formula is H4FeLiO5P. The van der Waals surface area contributed by atoms with Gasteiger partial charge in [-0.2, -0.15) is 0 Å². The minimum atomic E-state index is -4.64. The maximum atomic E-state index is 8.88. The summed E-state index contributed by atoms with van der Waals surface area (Å²) in [6, 6.07) is 0. The molecule has 0 spiro atoms. The van der Waals surface area contributed by atoms with E-state index in [-0.39, 0.29) is 18.9 Å². The third-order valence-corrected chi connectivity index (χ3v) is 0. The van der Waals surface area contributed by atoms with Crippen LogP contribution in [-0.2, 0) is 24.3 Å². The van der Waals surface area contributed by atoms with Crippen LogP contribution in [-0.4, -0.2) is 33.5 Å². The van der Waals surface area contributed by atoms with E-state index in [2.05, 4.69) is 0 Å². The molecule has 0 atom stereocenters. The minimum absolute atomic E-state index is 0. The molecule has 0 aromatic rings. The Morgan fingerprint density at radius 2 is 1.12 bits per heavy atom. The predicted octanol–water partition coefficient (Wildman–Crippen LogP) is -1.70. The van der Waals surface area contributed by atoms with E-state index >= 15 is 0 Å². The van der Waals surface area contributed by atoms with Crippen molar-refractivity contribution in [3.63, 3.8) is 0 Å². The molecule has 5 nitrogen and oxygen atoms in total. The van der Waals surface area contributed by atoms with Gasteiger partial charge in [-0.15, -0.1) is 0 Å². The van der Waals surface area contributed by atoms with Crippen LogP contribution in [0.2, 0.25) is 0 Å². The van der Waals surface area contributed by atoms with Gasteiger partial charge < -0.3 is 14.7 Å². The summed E-state index contributed by atoms with van der Waals surface area (Å²) < 4.78 is 16.9. The molecule has 0 saturated carbocycles. The first-order valence-corrected chi connectivity index (χ1v) is 2.94. The molecule has 3 N–H and O–H groups in total. The van der Waals surface area contributed by atoms with Gasteiger partial charge in [0, 0.05) is 0 Å². The van der Waals surface area contributed by atoms with Crippen molar-refractivity contribution in [1.82, 2.24) is 0 Å². The Kier molecular flexibility index (Phi) is 16.1. The summed E-state index contributed by atoms with van der Waals surface area (Å²) in [7, 11) is -4.64. The van der Waals surface area contributed by atoms with E-state index in [0.29, 0.717) is 0 Å². The molecule has 0 saturated heterocycles. The Hall–Kier alpha value is 1.03. The normalized spacial score (nSPS) is 8.00. The van der Waals surface area contributed by atoms with Crippen LogP contribution in [0.4, 0.5) is 0 Å². The van der Waals surface area contributed by atoms with Crippen LogP contribution < -0.4 is 0 Å². The molecular weight excluding hydrogens is 174 g/mol. The quantitative estimate of drug-likeness (QED) is 0.303. The number of hydrogen-bond donors (Lipinski definition) is 3. The first-order chi connectivity index (χ1) is 3.00. The molecule has 0 aromatic carbocycles. The second kappa shape index (κ2) is 8.03. The Labute approximate surface area is 65.9 Å². The summed E-state index contributed by atoms with van der Waals surface area (Å²) in [6.07, 6.45) is 0. The fourth-order valence-electron chi connectivity index (χ4n) is 0. The first-order valence-electron chi connectivity index (χ1n) is 0.927. The van der Waals surface area contributed by atoms with E-state index in [4.69, 9.17) is 23.1 Å². The van der Waals surface area contributed by atoms with Gasteiger partial charge in [0.15, 0.2) is 0 Å². The summed E-state index contributed by atoms with van der Waals surface area (Å²) in [5, 5.41) is 0. The van der Waals surface area contributed by atoms with Crippen LogP contribution in [0.15, 0.2) is 0 Å². The zero-order valence-electron chi connectivity index (χ0n) is 2.96. The van der Waals surface area contributed by atoms with E-state index in [1.165, 1.54) is 0 Å². The van der Waals surface area contributed by atoms with Gasteiger partial charge in [0.1, 0.15) is 0 Å². The average molecular weight is 178 g/mol. The van der Waals surface area contributed by atoms with Crippen LogP contribution in [0.5, 0.6) is 0 Å². The molecule has 8 heteroatoms. The summed E-state index contributed by atoms with van der Waals surface area (Å²) in [5.74, 6) is 0. The molecule has 0 aromatic heterocycles. The Balaban J connectivity index is -0.0000000750. The van der Waals surface area contributed by atoms with Crippen LogP contribution in [0, 0.1) is 0 Å². The maximum absolute atomic E-state index is 8.88. The summed E-state index contributed by atoms with van der Waals surface area (Å²) in [4.78, 5) is 21.6. The first kappa shape index (κ1) is 16.0. The van der Waals surface area contributed by atoms with Crippen molar-refractivity contribution >= 4 is 26.7 Å². The van der Waals surface area contributed by atoms with Crippen LogP contribution in [0.1, 0.15) is 0 Å². The summed E-state index contributed by atoms with van der Waals surface area (Å²) in [6.45, 7) is 0. The second-order valence-corrected chi connectivity index (χ2v) is 1.54. The molecule has 0 aliphatic rings. The predicted molar refractivity (Wildman–Crippen MR) is 22.1 cm³/mol. The Bertz CT molecular complexity index is 68.2. The van der Waals surface area contributed by atoms with Gasteiger partial charge in [-0.05, 0) is 0 Å². The van der Waals surface area contributed by atoms with Crippen molar-refractivity contribution in [3.05, 3.63) is 0 Å². The third kappa shape index (κ3) is 242. The number of hydrogen-bond acceptors (Lipinski definition) is 2. The van der Waals surface area contributed by atoms with Crippen molar-refractivity contribution in [2.75, 3.05) is 0 Å². The van der Waals surface area contributed by atoms with Crippen LogP contribution in [0.3, 0.4) is 0 Å². The van der Waals surface area contributed by atoms with E-state index in [9.17, 15) is 0 Å². The zero-order valence-corrected chi connectivity index (χ0v) is 4.96. The van der Waals surface area contributed by atoms with Gasteiger partial charge in [-0.25, -0.2) is 4.57 Å². The molecule has 0 fully saturated rings. The van der Waals surface area contributed by atoms with Crippen molar-refractivity contribution in [2.24, 2.45) is 0 Å². The fraction of sp³-hybridized carbons (Fsp3) is 0. The van der Waals surface area contributed by atoms with Crippen molar-refractivity contribution in [2.45, 2.75) is 0 Å². The van der Waals surface area contributed by atoms with E-state index < -0.39 is 7.82 Å². The molecule has 0 rings (SSSR count). The molecule has 0 unspecified atom stereocenters. The van der Waals surface area contributed by atoms with E-state index in [0.717, 1.165) is 0 Å². The second-order valence-electron chi connectivity index (χ2n) is 0.513. The standard InChI is InChI=1S/Fe.Li.H3O4P.O.H/c;;1-5(2,3)4;;/h;;(H3,1,2,3,4);;. The average Bonchev–Trinajstić information content (AvgIpc) is 1.36. The van der Waals surface area contributed by atoms with Gasteiger partial charge in [-0.3, -0.25) is 0 Å². The fourth-order valence-corrected chi connectivity index (χ4v) is 0. The molecule has 8 heavy (non-hydrogen) atoms. The Morgan fingerprint density at radius 1 is 1.12 bits per heavy atom. The van der Waals surface area contributed by atoms with Gasteiger partial charge >= 0.3 is 46.5 Å².